The van der Waals surface area contributed by atoms with Crippen LogP contribution in [0.1, 0.15) is 49.8 Å². The van der Waals surface area contributed by atoms with E-state index in [1.54, 1.807) is 0 Å². The first-order valence-corrected chi connectivity index (χ1v) is 7.10. The second-order valence-corrected chi connectivity index (χ2v) is 5.67. The molecule has 0 amide bonds. The average Bonchev–Trinajstić information content (AvgIpc) is 2.84. The van der Waals surface area contributed by atoms with Gasteiger partial charge in [0.2, 0.25) is 0 Å². The van der Waals surface area contributed by atoms with E-state index < -0.39 is 0 Å². The molecule has 2 unspecified atom stereocenters. The summed E-state index contributed by atoms with van der Waals surface area (Å²) in [5.74, 6) is 0.747. The van der Waals surface area contributed by atoms with Gasteiger partial charge in [-0.2, -0.15) is 0 Å². The molecule has 1 aromatic carbocycles. The van der Waals surface area contributed by atoms with Gasteiger partial charge in [-0.1, -0.05) is 42.7 Å². The first-order chi connectivity index (χ1) is 8.66. The molecule has 0 aromatic heterocycles. The van der Waals surface area contributed by atoms with Crippen LogP contribution in [0, 0.1) is 12.8 Å². The lowest BCUT2D eigenvalue weighted by Crippen LogP contribution is -2.28. The molecule has 1 fully saturated rings. The Morgan fingerprint density at radius 1 is 1.22 bits per heavy atom. The topological polar surface area (TPSA) is 35.2 Å². The highest BCUT2D eigenvalue weighted by Gasteiger charge is 2.21. The smallest absolute Gasteiger partial charge is 0.0973 e. The van der Waals surface area contributed by atoms with Gasteiger partial charge in [-0.05, 0) is 38.2 Å². The van der Waals surface area contributed by atoms with E-state index >= 15 is 0 Å². The zero-order chi connectivity index (χ0) is 13.0. The molecule has 0 bridgehead atoms. The highest BCUT2D eigenvalue weighted by Crippen LogP contribution is 2.28. The predicted octanol–water partition coefficient (Wildman–Crippen LogP) is 3.59. The molecule has 1 aliphatic carbocycles. The number of nitrogens with two attached hydrogens (primary N) is 1. The minimum Gasteiger partial charge on any atom is -0.372 e. The normalized spacial score (nSPS) is 19.9. The molecule has 1 saturated carbocycles. The van der Waals surface area contributed by atoms with Crippen molar-refractivity contribution in [2.24, 2.45) is 11.7 Å². The monoisotopic (exact) mass is 247 g/mol. The van der Waals surface area contributed by atoms with E-state index in [2.05, 4.69) is 31.2 Å². The summed E-state index contributed by atoms with van der Waals surface area (Å²) in [7, 11) is 0. The number of hydrogen-bond acceptors (Lipinski definition) is 2. The van der Waals surface area contributed by atoms with Gasteiger partial charge in [-0.3, -0.25) is 0 Å². The lowest BCUT2D eigenvalue weighted by molar-refractivity contribution is 0.0168. The Balaban J connectivity index is 1.96. The SMILES string of the molecule is Cc1ccc(C(OCC2CCCC2)C(C)N)cc1. The van der Waals surface area contributed by atoms with Crippen molar-refractivity contribution in [3.05, 3.63) is 35.4 Å². The Kier molecular flexibility index (Phi) is 4.79. The second-order valence-electron chi connectivity index (χ2n) is 5.67. The Morgan fingerprint density at radius 3 is 2.39 bits per heavy atom. The largest absolute Gasteiger partial charge is 0.372 e. The first kappa shape index (κ1) is 13.6. The summed E-state index contributed by atoms with van der Waals surface area (Å²) in [6.45, 7) is 4.99. The van der Waals surface area contributed by atoms with Gasteiger partial charge in [0.25, 0.3) is 0 Å². The lowest BCUT2D eigenvalue weighted by Gasteiger charge is -2.24. The molecule has 18 heavy (non-hydrogen) atoms. The van der Waals surface area contributed by atoms with Crippen molar-refractivity contribution in [3.8, 4) is 0 Å². The first-order valence-electron chi connectivity index (χ1n) is 7.10. The molecule has 0 radical (unpaired) electrons. The van der Waals surface area contributed by atoms with Gasteiger partial charge in [-0.15, -0.1) is 0 Å². The van der Waals surface area contributed by atoms with Gasteiger partial charge in [0.05, 0.1) is 12.7 Å². The third kappa shape index (κ3) is 3.56. The Bertz CT molecular complexity index is 352. The predicted molar refractivity (Wildman–Crippen MR) is 75.5 cm³/mol. The van der Waals surface area contributed by atoms with Gasteiger partial charge in [-0.25, -0.2) is 0 Å². The Hall–Kier alpha value is -0.860. The van der Waals surface area contributed by atoms with Crippen molar-refractivity contribution in [2.45, 2.75) is 51.7 Å². The van der Waals surface area contributed by atoms with E-state index in [9.17, 15) is 0 Å². The fraction of sp³-hybridized carbons (Fsp3) is 0.625. The number of ether oxygens (including phenoxy) is 1. The van der Waals surface area contributed by atoms with E-state index in [1.807, 2.05) is 6.92 Å². The third-order valence-electron chi connectivity index (χ3n) is 3.87. The number of rotatable bonds is 5. The van der Waals surface area contributed by atoms with Gasteiger partial charge in [0.15, 0.2) is 0 Å². The van der Waals surface area contributed by atoms with Crippen LogP contribution in [-0.4, -0.2) is 12.6 Å². The molecule has 2 atom stereocenters. The molecule has 2 heteroatoms. The highest BCUT2D eigenvalue weighted by molar-refractivity contribution is 5.24. The van der Waals surface area contributed by atoms with E-state index in [0.717, 1.165) is 12.5 Å². The zero-order valence-corrected chi connectivity index (χ0v) is 11.6. The van der Waals surface area contributed by atoms with E-state index in [0.29, 0.717) is 0 Å². The number of benzene rings is 1. The van der Waals surface area contributed by atoms with Crippen LogP contribution in [0.2, 0.25) is 0 Å². The third-order valence-corrected chi connectivity index (χ3v) is 3.87. The van der Waals surface area contributed by atoms with Gasteiger partial charge in [0, 0.05) is 6.04 Å². The van der Waals surface area contributed by atoms with Crippen molar-refractivity contribution in [1.29, 1.82) is 0 Å². The summed E-state index contributed by atoms with van der Waals surface area (Å²) < 4.78 is 6.09. The number of aryl methyl sites for hydroxylation is 1. The molecule has 0 spiro atoms. The van der Waals surface area contributed by atoms with Crippen LogP contribution in [0.15, 0.2) is 24.3 Å². The molecule has 2 rings (SSSR count). The standard InChI is InChI=1S/C16H25NO/c1-12-7-9-15(10-8-12)16(13(2)17)18-11-14-5-3-4-6-14/h7-10,13-14,16H,3-6,11,17H2,1-2H3. The number of hydrogen-bond donors (Lipinski definition) is 1. The molecule has 2 N–H and O–H groups in total. The summed E-state index contributed by atoms with van der Waals surface area (Å²) in [6, 6.07) is 8.57. The van der Waals surface area contributed by atoms with Gasteiger partial charge in [0.1, 0.15) is 0 Å². The summed E-state index contributed by atoms with van der Waals surface area (Å²) >= 11 is 0. The minimum absolute atomic E-state index is 0.0335. The van der Waals surface area contributed by atoms with Crippen molar-refractivity contribution in [2.75, 3.05) is 6.61 Å². The summed E-state index contributed by atoms with van der Waals surface area (Å²) in [5.41, 5.74) is 8.54. The van der Waals surface area contributed by atoms with Crippen molar-refractivity contribution in [3.63, 3.8) is 0 Å². The summed E-state index contributed by atoms with van der Waals surface area (Å²) in [5, 5.41) is 0. The molecule has 100 valence electrons. The molecule has 1 aliphatic rings. The minimum atomic E-state index is 0.0335. The fourth-order valence-electron chi connectivity index (χ4n) is 2.72. The van der Waals surface area contributed by atoms with Crippen LogP contribution >= 0.6 is 0 Å². The average molecular weight is 247 g/mol. The lowest BCUT2D eigenvalue weighted by atomic mass is 10.0. The zero-order valence-electron chi connectivity index (χ0n) is 11.6. The van der Waals surface area contributed by atoms with Crippen molar-refractivity contribution >= 4 is 0 Å². The molecule has 0 saturated heterocycles. The van der Waals surface area contributed by atoms with Gasteiger partial charge < -0.3 is 10.5 Å². The van der Waals surface area contributed by atoms with Crippen LogP contribution in [0.3, 0.4) is 0 Å². The molecular formula is C16H25NO. The molecule has 2 nitrogen and oxygen atoms in total. The van der Waals surface area contributed by atoms with Crippen molar-refractivity contribution < 1.29 is 4.74 Å². The quantitative estimate of drug-likeness (QED) is 0.863. The van der Waals surface area contributed by atoms with E-state index in [-0.39, 0.29) is 12.1 Å². The van der Waals surface area contributed by atoms with Crippen LogP contribution in [-0.2, 0) is 4.74 Å². The maximum atomic E-state index is 6.09. The second kappa shape index (κ2) is 6.35. The van der Waals surface area contributed by atoms with E-state index in [4.69, 9.17) is 10.5 Å². The highest BCUT2D eigenvalue weighted by atomic mass is 16.5. The molecule has 0 aliphatic heterocycles. The van der Waals surface area contributed by atoms with Gasteiger partial charge >= 0.3 is 0 Å². The summed E-state index contributed by atoms with van der Waals surface area (Å²) in [6.07, 6.45) is 5.40. The van der Waals surface area contributed by atoms with Crippen LogP contribution in [0.4, 0.5) is 0 Å². The fourth-order valence-corrected chi connectivity index (χ4v) is 2.72. The van der Waals surface area contributed by atoms with Crippen LogP contribution < -0.4 is 5.73 Å². The van der Waals surface area contributed by atoms with Crippen molar-refractivity contribution in [1.82, 2.24) is 0 Å². The van der Waals surface area contributed by atoms with E-state index in [1.165, 1.54) is 36.8 Å². The molecular weight excluding hydrogens is 222 g/mol. The van der Waals surface area contributed by atoms with Crippen LogP contribution in [0.25, 0.3) is 0 Å². The Morgan fingerprint density at radius 2 is 1.83 bits per heavy atom. The van der Waals surface area contributed by atoms with Crippen LogP contribution in [0.5, 0.6) is 0 Å². The maximum Gasteiger partial charge on any atom is 0.0973 e. The molecule has 0 heterocycles. The maximum absolute atomic E-state index is 6.09. The molecule has 1 aromatic rings. The Labute approximate surface area is 111 Å². The summed E-state index contributed by atoms with van der Waals surface area (Å²) in [4.78, 5) is 0.